The van der Waals surface area contributed by atoms with Gasteiger partial charge in [0.15, 0.2) is 0 Å². The van der Waals surface area contributed by atoms with Crippen LogP contribution in [0.2, 0.25) is 0 Å². The van der Waals surface area contributed by atoms with Gasteiger partial charge in [-0.05, 0) is 25.7 Å². The molecule has 0 saturated heterocycles. The predicted octanol–water partition coefficient (Wildman–Crippen LogP) is 5.30. The molecule has 0 bridgehead atoms. The largest absolute Gasteiger partial charge is 0.460 e. The van der Waals surface area contributed by atoms with E-state index >= 15 is 0 Å². The molecule has 0 heterocycles. The normalized spacial score (nSPS) is 19.4. The number of carbonyl (C=O) groups is 2. The van der Waals surface area contributed by atoms with Gasteiger partial charge in [-0.15, -0.1) is 0 Å². The Labute approximate surface area is 172 Å². The summed E-state index contributed by atoms with van der Waals surface area (Å²) in [5.41, 5.74) is 0. The van der Waals surface area contributed by atoms with E-state index in [1.165, 1.54) is 51.4 Å². The van der Waals surface area contributed by atoms with E-state index < -0.39 is 0 Å². The molecule has 1 saturated carbocycles. The summed E-state index contributed by atoms with van der Waals surface area (Å²) in [5, 5.41) is 2.92. The maximum Gasteiger partial charge on any atom is 0.306 e. The zero-order valence-corrected chi connectivity index (χ0v) is 18.3. The molecule has 1 amide bonds. The molecule has 28 heavy (non-hydrogen) atoms. The van der Waals surface area contributed by atoms with E-state index in [4.69, 9.17) is 9.47 Å². The Morgan fingerprint density at radius 3 is 2.00 bits per heavy atom. The fraction of sp³-hybridized carbons (Fsp3) is 0.913. The average molecular weight is 398 g/mol. The number of ether oxygens (including phenoxy) is 2. The molecular formula is C23H43NO4. The summed E-state index contributed by atoms with van der Waals surface area (Å²) in [4.78, 5) is 23.9. The second kappa shape index (κ2) is 16.8. The molecule has 2 atom stereocenters. The Balaban J connectivity index is 1.94. The molecule has 1 aliphatic carbocycles. The fourth-order valence-electron chi connectivity index (χ4n) is 3.84. The molecule has 1 N–H and O–H groups in total. The van der Waals surface area contributed by atoms with Gasteiger partial charge in [-0.3, -0.25) is 9.59 Å². The lowest BCUT2D eigenvalue weighted by Gasteiger charge is -2.29. The molecule has 0 aromatic rings. The van der Waals surface area contributed by atoms with Crippen molar-refractivity contribution in [2.45, 2.75) is 122 Å². The molecule has 0 aromatic carbocycles. The lowest BCUT2D eigenvalue weighted by molar-refractivity contribution is -0.160. The Morgan fingerprint density at radius 2 is 1.39 bits per heavy atom. The SMILES string of the molecule is CCCCCCCCCCCCNC(=O)CCC(=O)OC1CCCCC1OC. The van der Waals surface area contributed by atoms with Crippen LogP contribution in [0.25, 0.3) is 0 Å². The summed E-state index contributed by atoms with van der Waals surface area (Å²) in [6.07, 6.45) is 17.0. The van der Waals surface area contributed by atoms with Crippen LogP contribution in [0.15, 0.2) is 0 Å². The Bertz CT molecular complexity index is 413. The van der Waals surface area contributed by atoms with Gasteiger partial charge >= 0.3 is 5.97 Å². The van der Waals surface area contributed by atoms with Crippen molar-refractivity contribution in [2.75, 3.05) is 13.7 Å². The number of amides is 1. The number of hydrogen-bond donors (Lipinski definition) is 1. The number of rotatable bonds is 16. The van der Waals surface area contributed by atoms with Crippen LogP contribution in [0.4, 0.5) is 0 Å². The highest BCUT2D eigenvalue weighted by molar-refractivity contribution is 5.81. The van der Waals surface area contributed by atoms with Crippen LogP contribution in [0.5, 0.6) is 0 Å². The van der Waals surface area contributed by atoms with Crippen LogP contribution >= 0.6 is 0 Å². The lowest BCUT2D eigenvalue weighted by Crippen LogP contribution is -2.36. The summed E-state index contributed by atoms with van der Waals surface area (Å²) in [7, 11) is 1.66. The topological polar surface area (TPSA) is 64.6 Å². The van der Waals surface area contributed by atoms with Crippen molar-refractivity contribution in [3.05, 3.63) is 0 Å². The number of methoxy groups -OCH3 is 1. The van der Waals surface area contributed by atoms with E-state index in [0.717, 1.165) is 38.5 Å². The third-order valence-electron chi connectivity index (χ3n) is 5.64. The first-order chi connectivity index (χ1) is 13.7. The third-order valence-corrected chi connectivity index (χ3v) is 5.64. The number of carbonyl (C=O) groups excluding carboxylic acids is 2. The fourth-order valence-corrected chi connectivity index (χ4v) is 3.84. The zero-order valence-electron chi connectivity index (χ0n) is 18.3. The quantitative estimate of drug-likeness (QED) is 0.283. The summed E-state index contributed by atoms with van der Waals surface area (Å²) in [6, 6.07) is 0. The van der Waals surface area contributed by atoms with Gasteiger partial charge < -0.3 is 14.8 Å². The average Bonchev–Trinajstić information content (AvgIpc) is 2.71. The first kappa shape index (κ1) is 24.9. The number of unbranched alkanes of at least 4 members (excludes halogenated alkanes) is 9. The highest BCUT2D eigenvalue weighted by atomic mass is 16.6. The molecule has 0 spiro atoms. The third kappa shape index (κ3) is 12.4. The maximum absolute atomic E-state index is 12.0. The number of esters is 1. The van der Waals surface area contributed by atoms with Gasteiger partial charge in [0.05, 0.1) is 12.5 Å². The molecule has 164 valence electrons. The molecular weight excluding hydrogens is 354 g/mol. The van der Waals surface area contributed by atoms with E-state index in [0.29, 0.717) is 6.54 Å². The molecule has 1 fully saturated rings. The molecule has 5 heteroatoms. The predicted molar refractivity (Wildman–Crippen MR) is 113 cm³/mol. The molecule has 2 unspecified atom stereocenters. The van der Waals surface area contributed by atoms with E-state index in [-0.39, 0.29) is 36.9 Å². The molecule has 5 nitrogen and oxygen atoms in total. The molecule has 0 aliphatic heterocycles. The van der Waals surface area contributed by atoms with E-state index in [9.17, 15) is 9.59 Å². The smallest absolute Gasteiger partial charge is 0.306 e. The standard InChI is InChI=1S/C23H43NO4/c1-3-4-5-6-7-8-9-10-11-14-19-24-22(25)17-18-23(26)28-21-16-13-12-15-20(21)27-2/h20-21H,3-19H2,1-2H3,(H,24,25). The van der Waals surface area contributed by atoms with Crippen LogP contribution in [-0.4, -0.2) is 37.7 Å². The summed E-state index contributed by atoms with van der Waals surface area (Å²) < 4.78 is 10.9. The molecule has 0 radical (unpaired) electrons. The van der Waals surface area contributed by atoms with E-state index in [1.54, 1.807) is 7.11 Å². The highest BCUT2D eigenvalue weighted by Gasteiger charge is 2.28. The van der Waals surface area contributed by atoms with Gasteiger partial charge in [-0.25, -0.2) is 0 Å². The Morgan fingerprint density at radius 1 is 0.821 bits per heavy atom. The van der Waals surface area contributed by atoms with Gasteiger partial charge in [0.1, 0.15) is 6.10 Å². The monoisotopic (exact) mass is 397 g/mol. The van der Waals surface area contributed by atoms with Gasteiger partial charge in [-0.1, -0.05) is 71.1 Å². The van der Waals surface area contributed by atoms with E-state index in [2.05, 4.69) is 12.2 Å². The van der Waals surface area contributed by atoms with Crippen LogP contribution in [-0.2, 0) is 19.1 Å². The van der Waals surface area contributed by atoms with Crippen LogP contribution in [0, 0.1) is 0 Å². The number of hydrogen-bond acceptors (Lipinski definition) is 4. The minimum Gasteiger partial charge on any atom is -0.460 e. The lowest BCUT2D eigenvalue weighted by atomic mass is 9.94. The van der Waals surface area contributed by atoms with Crippen molar-refractivity contribution < 1.29 is 19.1 Å². The van der Waals surface area contributed by atoms with Gasteiger partial charge in [-0.2, -0.15) is 0 Å². The molecule has 1 rings (SSSR count). The van der Waals surface area contributed by atoms with Crippen LogP contribution < -0.4 is 5.32 Å². The van der Waals surface area contributed by atoms with Crippen LogP contribution in [0.1, 0.15) is 110 Å². The van der Waals surface area contributed by atoms with Crippen molar-refractivity contribution in [3.63, 3.8) is 0 Å². The van der Waals surface area contributed by atoms with Gasteiger partial charge in [0, 0.05) is 20.1 Å². The summed E-state index contributed by atoms with van der Waals surface area (Å²) in [5.74, 6) is -0.345. The second-order valence-electron chi connectivity index (χ2n) is 8.12. The zero-order chi connectivity index (χ0) is 20.5. The van der Waals surface area contributed by atoms with Crippen LogP contribution in [0.3, 0.4) is 0 Å². The Kier molecular flexibility index (Phi) is 15.0. The van der Waals surface area contributed by atoms with Crippen molar-refractivity contribution in [2.24, 2.45) is 0 Å². The Hall–Kier alpha value is -1.10. The van der Waals surface area contributed by atoms with Crippen molar-refractivity contribution >= 4 is 11.9 Å². The van der Waals surface area contributed by atoms with Gasteiger partial charge in [0.2, 0.25) is 5.91 Å². The van der Waals surface area contributed by atoms with Crippen molar-refractivity contribution in [1.82, 2.24) is 5.32 Å². The number of nitrogens with one attached hydrogen (secondary N) is 1. The van der Waals surface area contributed by atoms with Gasteiger partial charge in [0.25, 0.3) is 0 Å². The molecule has 1 aliphatic rings. The first-order valence-corrected chi connectivity index (χ1v) is 11.7. The van der Waals surface area contributed by atoms with E-state index in [1.807, 2.05) is 0 Å². The van der Waals surface area contributed by atoms with Crippen molar-refractivity contribution in [1.29, 1.82) is 0 Å². The highest BCUT2D eigenvalue weighted by Crippen LogP contribution is 2.23. The first-order valence-electron chi connectivity index (χ1n) is 11.7. The second-order valence-corrected chi connectivity index (χ2v) is 8.12. The minimum absolute atomic E-state index is 0.00265. The minimum atomic E-state index is -0.289. The maximum atomic E-state index is 12.0. The summed E-state index contributed by atoms with van der Waals surface area (Å²) >= 11 is 0. The summed E-state index contributed by atoms with van der Waals surface area (Å²) in [6.45, 7) is 2.96. The molecule has 0 aromatic heterocycles. The van der Waals surface area contributed by atoms with Crippen molar-refractivity contribution in [3.8, 4) is 0 Å².